The molecule has 1 unspecified atom stereocenters. The van der Waals surface area contributed by atoms with Crippen molar-refractivity contribution >= 4 is 11.6 Å². The highest BCUT2D eigenvalue weighted by Gasteiger charge is 2.29. The Morgan fingerprint density at radius 1 is 1.30 bits per heavy atom. The highest BCUT2D eigenvalue weighted by atomic mass is 16.2. The van der Waals surface area contributed by atoms with Gasteiger partial charge in [0.2, 0.25) is 0 Å². The summed E-state index contributed by atoms with van der Waals surface area (Å²) < 4.78 is 0. The summed E-state index contributed by atoms with van der Waals surface area (Å²) in [6.45, 7) is 2.03. The van der Waals surface area contributed by atoms with Crippen LogP contribution in [0.1, 0.15) is 29.4 Å². The largest absolute Gasteiger partial charge is 0.304 e. The maximum absolute atomic E-state index is 12.6. The van der Waals surface area contributed by atoms with E-state index in [-0.39, 0.29) is 23.2 Å². The minimum absolute atomic E-state index is 0.117. The average Bonchev–Trinajstić information content (AvgIpc) is 2.47. The van der Waals surface area contributed by atoms with Crippen molar-refractivity contribution in [1.82, 2.24) is 10.2 Å². The number of fused-ring (bicyclic) bond motifs is 1. The lowest BCUT2D eigenvalue weighted by Crippen LogP contribution is -2.42. The monoisotopic (exact) mass is 269 g/mol. The number of benzene rings is 1. The number of amides is 1. The molecular weight excluding hydrogens is 254 g/mol. The normalized spacial score (nSPS) is 17.6. The summed E-state index contributed by atoms with van der Waals surface area (Å²) >= 11 is 0. The minimum atomic E-state index is -0.311. The fraction of sp³-hybridized carbons (Fsp3) is 0.267. The third-order valence-electron chi connectivity index (χ3n) is 3.64. The number of aryl methyl sites for hydroxylation is 1. The Labute approximate surface area is 116 Å². The molecule has 0 spiro atoms. The predicted molar refractivity (Wildman–Crippen MR) is 75.9 cm³/mol. The second-order valence-corrected chi connectivity index (χ2v) is 5.00. The number of aromatic amines is 1. The summed E-state index contributed by atoms with van der Waals surface area (Å²) in [5, 5.41) is 6.14. The van der Waals surface area contributed by atoms with Crippen LogP contribution in [0.15, 0.2) is 41.2 Å². The zero-order chi connectivity index (χ0) is 14.1. The van der Waals surface area contributed by atoms with Crippen LogP contribution in [0.4, 0.5) is 5.69 Å². The van der Waals surface area contributed by atoms with Gasteiger partial charge in [-0.15, -0.1) is 0 Å². The zero-order valence-corrected chi connectivity index (χ0v) is 11.2. The van der Waals surface area contributed by atoms with Gasteiger partial charge in [-0.1, -0.05) is 18.2 Å². The molecule has 2 aromatic rings. The number of nitrogens with zero attached hydrogens (tertiary/aromatic N) is 2. The van der Waals surface area contributed by atoms with Crippen LogP contribution in [0.2, 0.25) is 0 Å². The maximum atomic E-state index is 12.6. The molecule has 0 fully saturated rings. The van der Waals surface area contributed by atoms with Gasteiger partial charge in [-0.2, -0.15) is 5.10 Å². The Morgan fingerprint density at radius 2 is 2.10 bits per heavy atom. The van der Waals surface area contributed by atoms with Gasteiger partial charge in [-0.05, 0) is 37.5 Å². The Morgan fingerprint density at radius 3 is 2.85 bits per heavy atom. The van der Waals surface area contributed by atoms with Crippen molar-refractivity contribution in [3.63, 3.8) is 0 Å². The van der Waals surface area contributed by atoms with E-state index in [1.165, 1.54) is 17.7 Å². The van der Waals surface area contributed by atoms with E-state index in [1.54, 1.807) is 4.90 Å². The van der Waals surface area contributed by atoms with Crippen molar-refractivity contribution < 1.29 is 4.79 Å². The van der Waals surface area contributed by atoms with E-state index in [1.807, 2.05) is 31.2 Å². The lowest BCUT2D eigenvalue weighted by molar-refractivity contribution is 0.0969. The van der Waals surface area contributed by atoms with Crippen LogP contribution in [0.5, 0.6) is 0 Å². The van der Waals surface area contributed by atoms with Crippen molar-refractivity contribution in [1.29, 1.82) is 0 Å². The number of nitrogens with one attached hydrogen (secondary N) is 1. The topological polar surface area (TPSA) is 66.1 Å². The van der Waals surface area contributed by atoms with Crippen molar-refractivity contribution in [3.05, 3.63) is 58.0 Å². The van der Waals surface area contributed by atoms with E-state index < -0.39 is 0 Å². The molecule has 1 N–H and O–H groups in total. The molecule has 1 aliphatic rings. The number of H-pyrrole nitrogens is 1. The Kier molecular flexibility index (Phi) is 3.10. The van der Waals surface area contributed by atoms with Crippen LogP contribution in [0, 0.1) is 0 Å². The van der Waals surface area contributed by atoms with Gasteiger partial charge in [0.1, 0.15) is 5.69 Å². The third kappa shape index (κ3) is 2.11. The Bertz CT molecular complexity index is 688. The van der Waals surface area contributed by atoms with Crippen LogP contribution in [0.25, 0.3) is 0 Å². The molecule has 1 aromatic carbocycles. The highest BCUT2D eigenvalue weighted by Crippen LogP contribution is 2.31. The fourth-order valence-corrected chi connectivity index (χ4v) is 2.58. The van der Waals surface area contributed by atoms with Gasteiger partial charge < -0.3 is 4.90 Å². The number of carbonyl (C=O) groups excluding carboxylic acids is 1. The molecule has 1 aliphatic heterocycles. The molecule has 0 bridgehead atoms. The molecule has 0 saturated carbocycles. The van der Waals surface area contributed by atoms with Gasteiger partial charge >= 0.3 is 0 Å². The van der Waals surface area contributed by atoms with E-state index in [9.17, 15) is 9.59 Å². The summed E-state index contributed by atoms with van der Waals surface area (Å²) in [6, 6.07) is 10.8. The van der Waals surface area contributed by atoms with Crippen molar-refractivity contribution in [2.75, 3.05) is 4.90 Å². The van der Waals surface area contributed by atoms with Gasteiger partial charge in [0.25, 0.3) is 11.5 Å². The average molecular weight is 269 g/mol. The smallest absolute Gasteiger partial charge is 0.278 e. The maximum Gasteiger partial charge on any atom is 0.278 e. The molecule has 1 aromatic heterocycles. The molecule has 0 saturated heterocycles. The third-order valence-corrected chi connectivity index (χ3v) is 3.64. The summed E-state index contributed by atoms with van der Waals surface area (Å²) in [5.41, 5.74) is 2.05. The van der Waals surface area contributed by atoms with E-state index in [0.29, 0.717) is 0 Å². The van der Waals surface area contributed by atoms with E-state index in [4.69, 9.17) is 0 Å². The lowest BCUT2D eigenvalue weighted by atomic mass is 9.96. The van der Waals surface area contributed by atoms with Gasteiger partial charge in [0.05, 0.1) is 0 Å². The van der Waals surface area contributed by atoms with Crippen LogP contribution < -0.4 is 10.5 Å². The van der Waals surface area contributed by atoms with Crippen LogP contribution in [-0.2, 0) is 6.42 Å². The molecule has 1 atom stereocenters. The number of anilines is 1. The lowest BCUT2D eigenvalue weighted by Gasteiger charge is -2.35. The SMILES string of the molecule is CC1CCc2ccccc2N1C(=O)c1ccc(=O)[nH]n1. The molecule has 102 valence electrons. The molecule has 5 heteroatoms. The number of aromatic nitrogens is 2. The molecule has 3 rings (SSSR count). The first kappa shape index (κ1) is 12.6. The first-order valence-electron chi connectivity index (χ1n) is 6.64. The van der Waals surface area contributed by atoms with Crippen LogP contribution in [-0.4, -0.2) is 22.1 Å². The van der Waals surface area contributed by atoms with Crippen LogP contribution >= 0.6 is 0 Å². The fourth-order valence-electron chi connectivity index (χ4n) is 2.58. The summed E-state index contributed by atoms with van der Waals surface area (Å²) in [4.78, 5) is 25.4. The van der Waals surface area contributed by atoms with E-state index in [0.717, 1.165) is 18.5 Å². The number of para-hydroxylation sites is 1. The predicted octanol–water partition coefficient (Wildman–Crippen LogP) is 1.75. The minimum Gasteiger partial charge on any atom is -0.304 e. The quantitative estimate of drug-likeness (QED) is 0.857. The first-order valence-corrected chi connectivity index (χ1v) is 6.64. The summed E-state index contributed by atoms with van der Waals surface area (Å²) in [5.74, 6) is -0.180. The second kappa shape index (κ2) is 4.92. The molecular formula is C15H15N3O2. The van der Waals surface area contributed by atoms with Gasteiger partial charge in [0, 0.05) is 17.8 Å². The number of hydrogen-bond acceptors (Lipinski definition) is 3. The molecule has 5 nitrogen and oxygen atoms in total. The number of rotatable bonds is 1. The molecule has 2 heterocycles. The van der Waals surface area contributed by atoms with Crippen molar-refractivity contribution in [2.24, 2.45) is 0 Å². The molecule has 20 heavy (non-hydrogen) atoms. The Hall–Kier alpha value is -2.43. The number of carbonyl (C=O) groups is 1. The van der Waals surface area contributed by atoms with Crippen LogP contribution in [0.3, 0.4) is 0 Å². The van der Waals surface area contributed by atoms with Crippen molar-refractivity contribution in [3.8, 4) is 0 Å². The highest BCUT2D eigenvalue weighted by molar-refractivity contribution is 6.05. The number of hydrogen-bond donors (Lipinski definition) is 1. The van der Waals surface area contributed by atoms with Crippen molar-refractivity contribution in [2.45, 2.75) is 25.8 Å². The Balaban J connectivity index is 2.02. The molecule has 1 amide bonds. The summed E-state index contributed by atoms with van der Waals surface area (Å²) in [7, 11) is 0. The van der Waals surface area contributed by atoms with Gasteiger partial charge in [-0.25, -0.2) is 5.10 Å². The molecule has 0 aliphatic carbocycles. The van der Waals surface area contributed by atoms with Gasteiger partial charge in [-0.3, -0.25) is 9.59 Å². The summed E-state index contributed by atoms with van der Waals surface area (Å²) in [6.07, 6.45) is 1.90. The standard InChI is InChI=1S/C15H15N3O2/c1-10-6-7-11-4-2-3-5-13(11)18(10)15(20)12-8-9-14(19)17-16-12/h2-5,8-10H,6-7H2,1H3,(H,17,19). The van der Waals surface area contributed by atoms with E-state index >= 15 is 0 Å². The van der Waals surface area contributed by atoms with Gasteiger partial charge in [0.15, 0.2) is 0 Å². The first-order chi connectivity index (χ1) is 9.66. The second-order valence-electron chi connectivity index (χ2n) is 5.00. The van der Waals surface area contributed by atoms with E-state index in [2.05, 4.69) is 10.2 Å². The molecule has 0 radical (unpaired) electrons. The zero-order valence-electron chi connectivity index (χ0n) is 11.2.